The Bertz CT molecular complexity index is 650. The molecule has 0 spiro atoms. The molecule has 0 bridgehead atoms. The zero-order chi connectivity index (χ0) is 18.7. The Labute approximate surface area is 147 Å². The molecule has 0 aromatic heterocycles. The molecule has 7 nitrogen and oxygen atoms in total. The molecule has 1 aliphatic heterocycles. The molecule has 136 valence electrons. The molecule has 2 rings (SSSR count). The van der Waals surface area contributed by atoms with Gasteiger partial charge in [-0.25, -0.2) is 9.59 Å². The van der Waals surface area contributed by atoms with Crippen molar-refractivity contribution in [2.75, 3.05) is 18.0 Å². The van der Waals surface area contributed by atoms with Gasteiger partial charge in [-0.15, -0.1) is 0 Å². The molecule has 1 aromatic carbocycles. The highest BCUT2D eigenvalue weighted by molar-refractivity contribution is 5.96. The number of carboxylic acids is 1. The van der Waals surface area contributed by atoms with Crippen LogP contribution in [0.1, 0.15) is 32.8 Å². The molecular weight excluding hydrogens is 324 g/mol. The predicted molar refractivity (Wildman–Crippen MR) is 92.8 cm³/mol. The van der Waals surface area contributed by atoms with E-state index in [2.05, 4.69) is 5.32 Å². The summed E-state index contributed by atoms with van der Waals surface area (Å²) in [5, 5.41) is 12.3. The zero-order valence-corrected chi connectivity index (χ0v) is 14.7. The number of anilines is 1. The number of carbonyl (C=O) groups is 3. The Balaban J connectivity index is 2.21. The van der Waals surface area contributed by atoms with E-state index >= 15 is 0 Å². The molecule has 0 aliphatic carbocycles. The van der Waals surface area contributed by atoms with Crippen molar-refractivity contribution in [3.8, 4) is 0 Å². The Morgan fingerprint density at radius 3 is 2.44 bits per heavy atom. The summed E-state index contributed by atoms with van der Waals surface area (Å²) in [7, 11) is 0. The van der Waals surface area contributed by atoms with Gasteiger partial charge in [0.15, 0.2) is 6.29 Å². The fraction of sp³-hybridized carbons (Fsp3) is 0.500. The van der Waals surface area contributed by atoms with Crippen molar-refractivity contribution in [1.82, 2.24) is 5.32 Å². The lowest BCUT2D eigenvalue weighted by molar-refractivity contribution is -0.183. The van der Waals surface area contributed by atoms with Gasteiger partial charge < -0.3 is 15.2 Å². The molecule has 1 heterocycles. The van der Waals surface area contributed by atoms with Gasteiger partial charge in [0.2, 0.25) is 5.60 Å². The van der Waals surface area contributed by atoms with Crippen LogP contribution >= 0.6 is 0 Å². The highest BCUT2D eigenvalue weighted by Crippen LogP contribution is 2.25. The summed E-state index contributed by atoms with van der Waals surface area (Å²) in [6.07, 6.45) is 1.11. The standard InChI is InChI=1S/C18H24N2O5/c1-17(2,3)25-18(12-21,15(22)23)11-13-5-7-14(8-6-13)20-10-4-9-19-16(20)24/h5-8,12H,4,9-11H2,1-3H3,(H,19,24)(H,22,23). The van der Waals surface area contributed by atoms with Crippen molar-refractivity contribution < 1.29 is 24.2 Å². The van der Waals surface area contributed by atoms with Crippen molar-refractivity contribution in [3.63, 3.8) is 0 Å². The van der Waals surface area contributed by atoms with Crippen molar-refractivity contribution in [3.05, 3.63) is 29.8 Å². The molecule has 1 fully saturated rings. The Hall–Kier alpha value is -2.41. The maximum atomic E-state index is 11.9. The number of nitrogens with one attached hydrogen (secondary N) is 1. The number of benzene rings is 1. The van der Waals surface area contributed by atoms with Crippen LogP contribution in [0, 0.1) is 0 Å². The largest absolute Gasteiger partial charge is 0.479 e. The molecule has 25 heavy (non-hydrogen) atoms. The third-order valence-corrected chi connectivity index (χ3v) is 3.84. The maximum Gasteiger partial charge on any atom is 0.343 e. The molecule has 1 unspecified atom stereocenters. The van der Waals surface area contributed by atoms with E-state index < -0.39 is 17.2 Å². The number of hydrogen-bond donors (Lipinski definition) is 2. The van der Waals surface area contributed by atoms with Crippen LogP contribution in [0.5, 0.6) is 0 Å². The second kappa shape index (κ2) is 7.23. The van der Waals surface area contributed by atoms with Crippen LogP contribution in [0.15, 0.2) is 24.3 Å². The Kier molecular flexibility index (Phi) is 5.47. The highest BCUT2D eigenvalue weighted by Gasteiger charge is 2.43. The van der Waals surface area contributed by atoms with Crippen LogP contribution in [0.3, 0.4) is 0 Å². The van der Waals surface area contributed by atoms with E-state index in [4.69, 9.17) is 4.74 Å². The van der Waals surface area contributed by atoms with Crippen molar-refractivity contribution >= 4 is 24.0 Å². The third-order valence-electron chi connectivity index (χ3n) is 3.84. The summed E-state index contributed by atoms with van der Waals surface area (Å²) in [6.45, 7) is 6.40. The number of rotatable bonds is 6. The first-order valence-electron chi connectivity index (χ1n) is 8.21. The lowest BCUT2D eigenvalue weighted by Crippen LogP contribution is -2.50. The fourth-order valence-corrected chi connectivity index (χ4v) is 2.79. The van der Waals surface area contributed by atoms with Crippen LogP contribution in [-0.2, 0) is 20.7 Å². The lowest BCUT2D eigenvalue weighted by atomic mass is 9.94. The minimum Gasteiger partial charge on any atom is -0.479 e. The topological polar surface area (TPSA) is 95.9 Å². The SMILES string of the molecule is CC(C)(C)OC(C=O)(Cc1ccc(N2CCCNC2=O)cc1)C(=O)O. The molecule has 2 amide bonds. The number of carboxylic acid groups (broad SMARTS) is 1. The summed E-state index contributed by atoms with van der Waals surface area (Å²) in [5.41, 5.74) is -1.36. The average Bonchev–Trinajstić information content (AvgIpc) is 2.54. The van der Waals surface area contributed by atoms with E-state index in [-0.39, 0.29) is 12.5 Å². The highest BCUT2D eigenvalue weighted by atomic mass is 16.5. The number of hydrogen-bond acceptors (Lipinski definition) is 4. The van der Waals surface area contributed by atoms with Crippen molar-refractivity contribution in [1.29, 1.82) is 0 Å². The normalized spacial score (nSPS) is 17.6. The lowest BCUT2D eigenvalue weighted by Gasteiger charge is -2.32. The van der Waals surface area contributed by atoms with Crippen LogP contribution in [-0.4, -0.2) is 47.7 Å². The summed E-state index contributed by atoms with van der Waals surface area (Å²) >= 11 is 0. The fourth-order valence-electron chi connectivity index (χ4n) is 2.79. The average molecular weight is 348 g/mol. The predicted octanol–water partition coefficient (Wildman–Crippen LogP) is 1.99. The van der Waals surface area contributed by atoms with Crippen LogP contribution in [0.2, 0.25) is 0 Å². The number of amides is 2. The number of aldehydes is 1. The van der Waals surface area contributed by atoms with Gasteiger partial charge in [0, 0.05) is 25.2 Å². The summed E-state index contributed by atoms with van der Waals surface area (Å²) in [4.78, 5) is 36.7. The monoisotopic (exact) mass is 348 g/mol. The van der Waals surface area contributed by atoms with Gasteiger partial charge in [0.25, 0.3) is 0 Å². The van der Waals surface area contributed by atoms with Crippen LogP contribution in [0.25, 0.3) is 0 Å². The van der Waals surface area contributed by atoms with Crippen molar-refractivity contribution in [2.24, 2.45) is 0 Å². The van der Waals surface area contributed by atoms with Gasteiger partial charge in [-0.05, 0) is 44.9 Å². The number of urea groups is 1. The Morgan fingerprint density at radius 2 is 1.96 bits per heavy atom. The molecule has 0 saturated carbocycles. The van der Waals surface area contributed by atoms with E-state index in [9.17, 15) is 19.5 Å². The first-order valence-corrected chi connectivity index (χ1v) is 8.21. The van der Waals surface area contributed by atoms with E-state index in [0.29, 0.717) is 24.9 Å². The van der Waals surface area contributed by atoms with Gasteiger partial charge in [0.05, 0.1) is 5.60 Å². The molecular formula is C18H24N2O5. The number of ether oxygens (including phenoxy) is 1. The summed E-state index contributed by atoms with van der Waals surface area (Å²) < 4.78 is 5.56. The summed E-state index contributed by atoms with van der Waals surface area (Å²) in [6, 6.07) is 6.76. The molecule has 1 atom stereocenters. The molecule has 0 radical (unpaired) electrons. The van der Waals surface area contributed by atoms with E-state index in [0.717, 1.165) is 12.1 Å². The van der Waals surface area contributed by atoms with Gasteiger partial charge in [-0.3, -0.25) is 9.69 Å². The van der Waals surface area contributed by atoms with E-state index in [1.807, 2.05) is 0 Å². The van der Waals surface area contributed by atoms with Gasteiger partial charge in [-0.1, -0.05) is 12.1 Å². The number of aliphatic carboxylic acids is 1. The van der Waals surface area contributed by atoms with Gasteiger partial charge in [-0.2, -0.15) is 0 Å². The second-order valence-corrected chi connectivity index (χ2v) is 7.11. The third kappa shape index (κ3) is 4.57. The molecule has 1 aromatic rings. The van der Waals surface area contributed by atoms with Crippen LogP contribution in [0.4, 0.5) is 10.5 Å². The number of carbonyl (C=O) groups excluding carboxylic acids is 2. The molecule has 2 N–H and O–H groups in total. The molecule has 7 heteroatoms. The Morgan fingerprint density at radius 1 is 1.32 bits per heavy atom. The minimum absolute atomic E-state index is 0.0877. The van der Waals surface area contributed by atoms with Gasteiger partial charge in [0.1, 0.15) is 0 Å². The number of nitrogens with zero attached hydrogens (tertiary/aromatic N) is 1. The van der Waals surface area contributed by atoms with Gasteiger partial charge >= 0.3 is 12.0 Å². The summed E-state index contributed by atoms with van der Waals surface area (Å²) in [5.74, 6) is -1.32. The maximum absolute atomic E-state index is 11.9. The van der Waals surface area contributed by atoms with Crippen molar-refractivity contribution in [2.45, 2.75) is 44.8 Å². The van der Waals surface area contributed by atoms with E-state index in [1.54, 1.807) is 49.9 Å². The van der Waals surface area contributed by atoms with E-state index in [1.165, 1.54) is 0 Å². The quantitative estimate of drug-likeness (QED) is 0.605. The first kappa shape index (κ1) is 18.9. The first-order chi connectivity index (χ1) is 11.7. The van der Waals surface area contributed by atoms with Crippen LogP contribution < -0.4 is 10.2 Å². The minimum atomic E-state index is -1.94. The smallest absolute Gasteiger partial charge is 0.343 e. The molecule has 1 aliphatic rings. The molecule has 1 saturated heterocycles. The zero-order valence-electron chi connectivity index (χ0n) is 14.7. The second-order valence-electron chi connectivity index (χ2n) is 7.11.